The molecule has 1 aromatic heterocycles. The summed E-state index contributed by atoms with van der Waals surface area (Å²) < 4.78 is 11.4. The molecule has 1 fully saturated rings. The monoisotopic (exact) mass is 537 g/mol. The molecule has 0 bridgehead atoms. The number of allylic oxidation sites excluding steroid dienone is 1. The molecule has 1 aliphatic rings. The fourth-order valence-corrected chi connectivity index (χ4v) is 4.25. The summed E-state index contributed by atoms with van der Waals surface area (Å²) in [5.74, 6) is 0.858. The Kier molecular flexibility index (Phi) is 9.31. The normalized spacial score (nSPS) is 15.6. The minimum absolute atomic E-state index is 0.244. The summed E-state index contributed by atoms with van der Waals surface area (Å²) in [5, 5.41) is 15.8. The third kappa shape index (κ3) is 7.33. The van der Waals surface area contributed by atoms with Crippen molar-refractivity contribution in [3.63, 3.8) is 0 Å². The van der Waals surface area contributed by atoms with Crippen molar-refractivity contribution in [1.29, 1.82) is 5.26 Å². The second-order valence-corrected chi connectivity index (χ2v) is 10.4. The van der Waals surface area contributed by atoms with E-state index in [1.165, 1.54) is 0 Å². The largest absolute Gasteiger partial charge is 0.492 e. The van der Waals surface area contributed by atoms with Gasteiger partial charge in [0.2, 0.25) is 0 Å². The predicted octanol–water partition coefficient (Wildman–Crippen LogP) is 6.01. The highest BCUT2D eigenvalue weighted by molar-refractivity contribution is 6.10. The quantitative estimate of drug-likeness (QED) is 0.307. The number of nitriles is 1. The Morgan fingerprint density at radius 3 is 2.83 bits per heavy atom. The zero-order valence-electron chi connectivity index (χ0n) is 23.4. The smallest absolute Gasteiger partial charge is 0.255 e. The van der Waals surface area contributed by atoms with Crippen LogP contribution in [0.25, 0.3) is 5.57 Å². The highest BCUT2D eigenvalue weighted by Gasteiger charge is 2.21. The van der Waals surface area contributed by atoms with Gasteiger partial charge in [0.05, 0.1) is 30.9 Å². The zero-order chi connectivity index (χ0) is 28.5. The molecule has 2 heterocycles. The highest BCUT2D eigenvalue weighted by Crippen LogP contribution is 2.26. The van der Waals surface area contributed by atoms with Gasteiger partial charge in [0, 0.05) is 66.3 Å². The van der Waals surface area contributed by atoms with Crippen LogP contribution in [0, 0.1) is 24.2 Å². The minimum Gasteiger partial charge on any atom is -0.492 e. The second-order valence-electron chi connectivity index (χ2n) is 10.4. The Bertz CT molecular complexity index is 1450. The summed E-state index contributed by atoms with van der Waals surface area (Å²) in [6.07, 6.45) is 8.11. The topological polar surface area (TPSA) is 109 Å². The molecule has 1 amide bonds. The average Bonchev–Trinajstić information content (AvgIpc) is 3.49. The van der Waals surface area contributed by atoms with Gasteiger partial charge in [-0.05, 0) is 68.7 Å². The van der Waals surface area contributed by atoms with Crippen molar-refractivity contribution in [2.75, 3.05) is 37.5 Å². The molecule has 1 atom stereocenters. The fourth-order valence-electron chi connectivity index (χ4n) is 4.25. The van der Waals surface area contributed by atoms with E-state index < -0.39 is 5.41 Å². The third-order valence-electron chi connectivity index (χ3n) is 6.83. The fraction of sp³-hybridized carbons (Fsp3) is 0.312. The lowest BCUT2D eigenvalue weighted by Gasteiger charge is -2.17. The van der Waals surface area contributed by atoms with E-state index in [0.717, 1.165) is 47.6 Å². The number of nitrogens with one attached hydrogen (secondary N) is 2. The lowest BCUT2D eigenvalue weighted by molar-refractivity contribution is 0.102. The summed E-state index contributed by atoms with van der Waals surface area (Å²) in [7, 11) is 1.72. The Morgan fingerprint density at radius 2 is 2.08 bits per heavy atom. The minimum atomic E-state index is -0.685. The van der Waals surface area contributed by atoms with Gasteiger partial charge in [-0.2, -0.15) is 5.26 Å². The number of aromatic nitrogens is 1. The van der Waals surface area contributed by atoms with Gasteiger partial charge in [0.25, 0.3) is 5.91 Å². The van der Waals surface area contributed by atoms with Crippen LogP contribution in [0.3, 0.4) is 0 Å². The van der Waals surface area contributed by atoms with Gasteiger partial charge in [-0.15, -0.1) is 0 Å². The van der Waals surface area contributed by atoms with E-state index >= 15 is 0 Å². The van der Waals surface area contributed by atoms with Crippen LogP contribution in [0.2, 0.25) is 0 Å². The molecule has 3 aromatic rings. The van der Waals surface area contributed by atoms with Crippen molar-refractivity contribution in [2.45, 2.75) is 32.6 Å². The molecule has 0 radical (unpaired) electrons. The summed E-state index contributed by atoms with van der Waals surface area (Å²) in [6.45, 7) is 7.77. The van der Waals surface area contributed by atoms with Crippen LogP contribution in [-0.2, 0) is 10.2 Å². The molecule has 2 aromatic carbocycles. The van der Waals surface area contributed by atoms with E-state index in [2.05, 4.69) is 26.7 Å². The van der Waals surface area contributed by atoms with Crippen LogP contribution in [0.5, 0.6) is 5.75 Å². The average molecular weight is 538 g/mol. The molecule has 8 heteroatoms. The van der Waals surface area contributed by atoms with E-state index in [1.54, 1.807) is 43.9 Å². The molecule has 40 heavy (non-hydrogen) atoms. The number of rotatable bonds is 10. The number of amides is 1. The zero-order valence-corrected chi connectivity index (χ0v) is 23.4. The van der Waals surface area contributed by atoms with Crippen molar-refractivity contribution in [3.8, 4) is 11.8 Å². The number of carbonyl (C=O) groups excluding carboxylic acids is 1. The summed E-state index contributed by atoms with van der Waals surface area (Å²) in [6, 6.07) is 17.1. The Labute approximate surface area is 235 Å². The van der Waals surface area contributed by atoms with Crippen LogP contribution in [0.4, 0.5) is 11.4 Å². The first-order chi connectivity index (χ1) is 19.3. The molecular weight excluding hydrogens is 502 g/mol. The number of nitrogens with zero attached hydrogens (tertiary/aromatic N) is 3. The molecule has 0 aliphatic carbocycles. The molecule has 1 unspecified atom stereocenters. The van der Waals surface area contributed by atoms with E-state index in [4.69, 9.17) is 9.47 Å². The molecule has 2 N–H and O–H groups in total. The molecule has 0 spiro atoms. The molecule has 8 nitrogen and oxygen atoms in total. The lowest BCUT2D eigenvalue weighted by atomic mass is 9.85. The van der Waals surface area contributed by atoms with E-state index in [-0.39, 0.29) is 5.91 Å². The highest BCUT2D eigenvalue weighted by atomic mass is 16.5. The molecule has 1 aliphatic heterocycles. The maximum absolute atomic E-state index is 13.0. The van der Waals surface area contributed by atoms with Crippen molar-refractivity contribution >= 4 is 29.1 Å². The first-order valence-corrected chi connectivity index (χ1v) is 13.3. The number of hydrogen-bond acceptors (Lipinski definition) is 7. The summed E-state index contributed by atoms with van der Waals surface area (Å²) in [5.41, 5.74) is 4.78. The van der Waals surface area contributed by atoms with Gasteiger partial charge in [0.1, 0.15) is 5.75 Å². The summed E-state index contributed by atoms with van der Waals surface area (Å²) in [4.78, 5) is 21.6. The van der Waals surface area contributed by atoms with Crippen molar-refractivity contribution in [3.05, 3.63) is 89.4 Å². The number of anilines is 2. The van der Waals surface area contributed by atoms with Gasteiger partial charge in [0.15, 0.2) is 0 Å². The number of aliphatic imine (C=N–C) groups is 1. The van der Waals surface area contributed by atoms with Crippen molar-refractivity contribution in [2.24, 2.45) is 10.9 Å². The van der Waals surface area contributed by atoms with Crippen LogP contribution in [0.15, 0.2) is 72.1 Å². The molecule has 0 saturated carbocycles. The number of carbonyl (C=O) groups is 1. The SMILES string of the molecule is C/N=C\C(=C/Nc1cc(NC(=O)c2cccc(C(C)(C)C#N)c2)ccc1C)c1cncc(OCC2CCOC2)c1. The first kappa shape index (κ1) is 28.5. The van der Waals surface area contributed by atoms with Crippen molar-refractivity contribution < 1.29 is 14.3 Å². The predicted molar refractivity (Wildman–Crippen MR) is 159 cm³/mol. The number of pyridine rings is 1. The van der Waals surface area contributed by atoms with Gasteiger partial charge < -0.3 is 20.1 Å². The van der Waals surface area contributed by atoms with Gasteiger partial charge >= 0.3 is 0 Å². The van der Waals surface area contributed by atoms with Crippen LogP contribution in [-0.4, -0.2) is 44.0 Å². The van der Waals surface area contributed by atoms with Crippen molar-refractivity contribution in [1.82, 2.24) is 4.98 Å². The number of ether oxygens (including phenoxy) is 2. The molecule has 206 valence electrons. The van der Waals surface area contributed by atoms with E-state index in [1.807, 2.05) is 57.3 Å². The van der Waals surface area contributed by atoms with Crippen LogP contribution < -0.4 is 15.4 Å². The van der Waals surface area contributed by atoms with E-state index in [9.17, 15) is 10.1 Å². The Balaban J connectivity index is 1.49. The second kappa shape index (κ2) is 13.0. The third-order valence-corrected chi connectivity index (χ3v) is 6.83. The standard InChI is InChI=1S/C32H35N5O3/c1-22-8-9-28(37-31(38)24-6-5-7-27(12-24)32(2,3)21-33)14-30(22)36-17-26(15-34-4)25-13-29(18-35-16-25)40-20-23-10-11-39-19-23/h5-9,12-18,23,36H,10-11,19-20H2,1-4H3,(H,37,38)/b26-17+,34-15-. The number of aryl methyl sites for hydroxylation is 1. The van der Waals surface area contributed by atoms with Gasteiger partial charge in [-0.1, -0.05) is 18.2 Å². The molecular formula is C32H35N5O3. The Hall–Kier alpha value is -4.48. The van der Waals surface area contributed by atoms with Crippen LogP contribution in [0.1, 0.15) is 47.3 Å². The molecule has 4 rings (SSSR count). The summed E-state index contributed by atoms with van der Waals surface area (Å²) >= 11 is 0. The number of benzene rings is 2. The lowest BCUT2D eigenvalue weighted by Crippen LogP contribution is -2.17. The molecule has 1 saturated heterocycles. The van der Waals surface area contributed by atoms with Gasteiger partial charge in [-0.25, -0.2) is 0 Å². The maximum Gasteiger partial charge on any atom is 0.255 e. The maximum atomic E-state index is 13.0. The van der Waals surface area contributed by atoms with E-state index in [0.29, 0.717) is 29.5 Å². The first-order valence-electron chi connectivity index (χ1n) is 13.3. The van der Waals surface area contributed by atoms with Gasteiger partial charge in [-0.3, -0.25) is 14.8 Å². The van der Waals surface area contributed by atoms with Crippen LogP contribution >= 0.6 is 0 Å². The Morgan fingerprint density at radius 1 is 1.23 bits per heavy atom. The number of hydrogen-bond donors (Lipinski definition) is 2.